The van der Waals surface area contributed by atoms with Crippen molar-refractivity contribution in [2.75, 3.05) is 0 Å². The van der Waals surface area contributed by atoms with E-state index < -0.39 is 0 Å². The molecular weight excluding hydrogens is 261 g/mol. The molecule has 0 saturated heterocycles. The lowest BCUT2D eigenvalue weighted by Gasteiger charge is -2.00. The number of benzene rings is 1. The molecule has 1 aromatic heterocycles. The van der Waals surface area contributed by atoms with Gasteiger partial charge in [-0.15, -0.1) is 0 Å². The van der Waals surface area contributed by atoms with E-state index in [1.54, 1.807) is 0 Å². The van der Waals surface area contributed by atoms with Gasteiger partial charge >= 0.3 is 0 Å². The third kappa shape index (κ3) is 1.57. The average Bonchev–Trinajstić information content (AvgIpc) is 2.44. The van der Waals surface area contributed by atoms with Gasteiger partial charge < -0.3 is 4.98 Å². The Morgan fingerprint density at radius 1 is 1.36 bits per heavy atom. The topological polar surface area (TPSA) is 15.8 Å². The van der Waals surface area contributed by atoms with Crippen LogP contribution < -0.4 is 0 Å². The number of H-pyrrole nitrogens is 1. The average molecular weight is 273 g/mol. The van der Waals surface area contributed by atoms with Gasteiger partial charge in [-0.1, -0.05) is 41.4 Å². The highest BCUT2D eigenvalue weighted by Crippen LogP contribution is 2.33. The van der Waals surface area contributed by atoms with Crippen LogP contribution in [0.5, 0.6) is 0 Å². The summed E-state index contributed by atoms with van der Waals surface area (Å²) in [6, 6.07) is 6.09. The molecule has 0 radical (unpaired) electrons. The largest absolute Gasteiger partial charge is 0.357 e. The second-order valence-electron chi connectivity index (χ2n) is 3.70. The standard InChI is InChI=1S/C11H11BrClN/c1-6(2)11-10(13)8-5-7(12)3-4-9(8)14-11/h3-6,14H,1-2H3. The summed E-state index contributed by atoms with van der Waals surface area (Å²) in [5.74, 6) is 0.425. The highest BCUT2D eigenvalue weighted by atomic mass is 79.9. The molecule has 1 heterocycles. The normalized spacial score (nSPS) is 11.5. The molecule has 0 bridgehead atoms. The lowest BCUT2D eigenvalue weighted by atomic mass is 10.1. The summed E-state index contributed by atoms with van der Waals surface area (Å²) in [5, 5.41) is 1.93. The van der Waals surface area contributed by atoms with Crippen LogP contribution in [0.2, 0.25) is 5.02 Å². The Morgan fingerprint density at radius 3 is 2.71 bits per heavy atom. The van der Waals surface area contributed by atoms with Crippen molar-refractivity contribution < 1.29 is 0 Å². The molecule has 2 rings (SSSR count). The zero-order valence-electron chi connectivity index (χ0n) is 8.07. The Hall–Kier alpha value is -0.470. The number of fused-ring (bicyclic) bond motifs is 1. The maximum atomic E-state index is 6.27. The molecule has 0 spiro atoms. The van der Waals surface area contributed by atoms with Crippen LogP contribution in [0.3, 0.4) is 0 Å². The van der Waals surface area contributed by atoms with E-state index in [-0.39, 0.29) is 0 Å². The second-order valence-corrected chi connectivity index (χ2v) is 4.99. The van der Waals surface area contributed by atoms with Gasteiger partial charge in [0, 0.05) is 21.1 Å². The maximum absolute atomic E-state index is 6.27. The molecule has 0 aliphatic carbocycles. The van der Waals surface area contributed by atoms with Gasteiger partial charge in [-0.2, -0.15) is 0 Å². The number of rotatable bonds is 1. The predicted octanol–water partition coefficient (Wildman–Crippen LogP) is 4.71. The minimum Gasteiger partial charge on any atom is -0.357 e. The van der Waals surface area contributed by atoms with Crippen molar-refractivity contribution >= 4 is 38.4 Å². The Morgan fingerprint density at radius 2 is 2.07 bits per heavy atom. The number of aromatic amines is 1. The lowest BCUT2D eigenvalue weighted by Crippen LogP contribution is -1.86. The molecule has 74 valence electrons. The van der Waals surface area contributed by atoms with Gasteiger partial charge in [0.1, 0.15) is 0 Å². The van der Waals surface area contributed by atoms with E-state index in [2.05, 4.69) is 34.8 Å². The van der Waals surface area contributed by atoms with Crippen molar-refractivity contribution in [2.24, 2.45) is 0 Å². The number of hydrogen-bond acceptors (Lipinski definition) is 0. The molecule has 1 N–H and O–H groups in total. The molecule has 0 fully saturated rings. The number of hydrogen-bond donors (Lipinski definition) is 1. The van der Waals surface area contributed by atoms with E-state index in [1.807, 2.05) is 18.2 Å². The smallest absolute Gasteiger partial charge is 0.0694 e. The first-order chi connectivity index (χ1) is 6.59. The Labute approximate surface area is 96.6 Å². The first-order valence-electron chi connectivity index (χ1n) is 4.56. The van der Waals surface area contributed by atoms with Crippen LogP contribution in [0.15, 0.2) is 22.7 Å². The van der Waals surface area contributed by atoms with Gasteiger partial charge in [0.15, 0.2) is 0 Å². The molecule has 2 aromatic rings. The van der Waals surface area contributed by atoms with Crippen molar-refractivity contribution in [3.63, 3.8) is 0 Å². The van der Waals surface area contributed by atoms with Gasteiger partial charge in [0.25, 0.3) is 0 Å². The molecule has 0 aliphatic heterocycles. The summed E-state index contributed by atoms with van der Waals surface area (Å²) in [7, 11) is 0. The molecular formula is C11H11BrClN. The molecule has 0 unspecified atom stereocenters. The van der Waals surface area contributed by atoms with Crippen molar-refractivity contribution in [2.45, 2.75) is 19.8 Å². The van der Waals surface area contributed by atoms with E-state index in [0.29, 0.717) is 5.92 Å². The molecule has 1 nitrogen and oxygen atoms in total. The van der Waals surface area contributed by atoms with Gasteiger partial charge in [-0.25, -0.2) is 0 Å². The van der Waals surface area contributed by atoms with Crippen molar-refractivity contribution in [1.29, 1.82) is 0 Å². The SMILES string of the molecule is CC(C)c1[nH]c2ccc(Br)cc2c1Cl. The number of aromatic nitrogens is 1. The first-order valence-corrected chi connectivity index (χ1v) is 5.73. The van der Waals surface area contributed by atoms with Gasteiger partial charge in [0.2, 0.25) is 0 Å². The van der Waals surface area contributed by atoms with E-state index in [0.717, 1.165) is 26.1 Å². The van der Waals surface area contributed by atoms with E-state index in [1.165, 1.54) is 0 Å². The Bertz CT molecular complexity index is 473. The lowest BCUT2D eigenvalue weighted by molar-refractivity contribution is 0.837. The highest BCUT2D eigenvalue weighted by Gasteiger charge is 2.11. The molecule has 0 aliphatic rings. The third-order valence-electron chi connectivity index (χ3n) is 2.30. The van der Waals surface area contributed by atoms with Crippen LogP contribution in [0.1, 0.15) is 25.5 Å². The van der Waals surface area contributed by atoms with Crippen LogP contribution in [-0.2, 0) is 0 Å². The third-order valence-corrected chi connectivity index (χ3v) is 3.20. The fourth-order valence-electron chi connectivity index (χ4n) is 1.55. The van der Waals surface area contributed by atoms with E-state index >= 15 is 0 Å². The quantitative estimate of drug-likeness (QED) is 0.774. The molecule has 0 amide bonds. The fraction of sp³-hybridized carbons (Fsp3) is 0.273. The first kappa shape index (κ1) is 10.1. The number of nitrogens with one attached hydrogen (secondary N) is 1. The molecule has 14 heavy (non-hydrogen) atoms. The maximum Gasteiger partial charge on any atom is 0.0694 e. The minimum atomic E-state index is 0.425. The van der Waals surface area contributed by atoms with Crippen LogP contribution in [0, 0.1) is 0 Å². The summed E-state index contributed by atoms with van der Waals surface area (Å²) >= 11 is 9.71. The molecule has 1 aromatic carbocycles. The van der Waals surface area contributed by atoms with Crippen LogP contribution in [-0.4, -0.2) is 4.98 Å². The van der Waals surface area contributed by atoms with E-state index in [9.17, 15) is 0 Å². The second kappa shape index (κ2) is 3.59. The predicted molar refractivity (Wildman–Crippen MR) is 65.1 cm³/mol. The Balaban J connectivity index is 2.74. The van der Waals surface area contributed by atoms with Crippen LogP contribution >= 0.6 is 27.5 Å². The summed E-state index contributed by atoms with van der Waals surface area (Å²) < 4.78 is 1.06. The van der Waals surface area contributed by atoms with Crippen molar-refractivity contribution in [3.8, 4) is 0 Å². The number of halogens is 2. The zero-order valence-corrected chi connectivity index (χ0v) is 10.4. The van der Waals surface area contributed by atoms with Gasteiger partial charge in [0.05, 0.1) is 5.02 Å². The molecule has 3 heteroatoms. The Kier molecular flexibility index (Phi) is 2.58. The van der Waals surface area contributed by atoms with E-state index in [4.69, 9.17) is 11.6 Å². The highest BCUT2D eigenvalue weighted by molar-refractivity contribution is 9.10. The monoisotopic (exact) mass is 271 g/mol. The summed E-state index contributed by atoms with van der Waals surface area (Å²) in [6.45, 7) is 4.26. The zero-order chi connectivity index (χ0) is 10.3. The summed E-state index contributed by atoms with van der Waals surface area (Å²) in [6.07, 6.45) is 0. The van der Waals surface area contributed by atoms with Gasteiger partial charge in [-0.3, -0.25) is 0 Å². The molecule has 0 saturated carbocycles. The van der Waals surface area contributed by atoms with Gasteiger partial charge in [-0.05, 0) is 24.1 Å². The molecule has 0 atom stereocenters. The van der Waals surface area contributed by atoms with Crippen molar-refractivity contribution in [3.05, 3.63) is 33.4 Å². The van der Waals surface area contributed by atoms with Crippen LogP contribution in [0.25, 0.3) is 10.9 Å². The fourth-order valence-corrected chi connectivity index (χ4v) is 2.33. The summed E-state index contributed by atoms with van der Waals surface area (Å²) in [5.41, 5.74) is 2.21. The van der Waals surface area contributed by atoms with Crippen LogP contribution in [0.4, 0.5) is 0 Å². The minimum absolute atomic E-state index is 0.425. The summed E-state index contributed by atoms with van der Waals surface area (Å²) in [4.78, 5) is 3.34. The van der Waals surface area contributed by atoms with Crippen molar-refractivity contribution in [1.82, 2.24) is 4.98 Å².